The number of phenols is 1. The lowest BCUT2D eigenvalue weighted by atomic mass is 10.1. The lowest BCUT2D eigenvalue weighted by Crippen LogP contribution is -2.25. The summed E-state index contributed by atoms with van der Waals surface area (Å²) in [4.78, 5) is 21.1. The van der Waals surface area contributed by atoms with E-state index in [0.717, 1.165) is 34.4 Å². The summed E-state index contributed by atoms with van der Waals surface area (Å²) in [5.74, 6) is 0.201. The third-order valence-corrected chi connectivity index (χ3v) is 4.95. The second kappa shape index (κ2) is 13.1. The molecule has 0 radical (unpaired) electrons. The molecule has 1 aromatic heterocycles. The average molecular weight is 504 g/mol. The van der Waals surface area contributed by atoms with Gasteiger partial charge in [0.05, 0.1) is 12.1 Å². The maximum Gasteiger partial charge on any atom is 0.294 e. The van der Waals surface area contributed by atoms with Crippen molar-refractivity contribution in [2.24, 2.45) is 0 Å². The zero-order valence-corrected chi connectivity index (χ0v) is 19.8. The molecule has 32 heavy (non-hydrogen) atoms. The van der Waals surface area contributed by atoms with Gasteiger partial charge in [0.15, 0.2) is 0 Å². The minimum atomic E-state index is -0.784. The Morgan fingerprint density at radius 3 is 2.72 bits per heavy atom. The Balaban J connectivity index is 0.00000256. The van der Waals surface area contributed by atoms with E-state index >= 15 is 0 Å². The van der Waals surface area contributed by atoms with E-state index in [1.807, 2.05) is 43.3 Å². The van der Waals surface area contributed by atoms with Crippen molar-refractivity contribution in [3.63, 3.8) is 0 Å². The topological polar surface area (TPSA) is 101 Å². The summed E-state index contributed by atoms with van der Waals surface area (Å²) in [5, 5.41) is 24.7. The van der Waals surface area contributed by atoms with E-state index in [9.17, 15) is 15.2 Å². The maximum absolute atomic E-state index is 10.3. The number of hydrogen-bond donors (Lipinski definition) is 2. The number of hydrogen-bond acceptors (Lipinski definition) is 7. The summed E-state index contributed by atoms with van der Waals surface area (Å²) in [6.45, 7) is 3.93. The van der Waals surface area contributed by atoms with Gasteiger partial charge in [0, 0.05) is 46.6 Å². The number of nitrogens with one attached hydrogen (secondary N) is 1. The van der Waals surface area contributed by atoms with Gasteiger partial charge < -0.3 is 15.3 Å². The molecule has 2 N–H and O–H groups in total. The fourth-order valence-corrected chi connectivity index (χ4v) is 3.36. The number of aromatic hydroxyl groups is 1. The Kier molecular flexibility index (Phi) is 11.3. The molecule has 0 unspecified atom stereocenters. The van der Waals surface area contributed by atoms with Crippen LogP contribution in [0, 0.1) is 10.1 Å². The lowest BCUT2D eigenvalue weighted by Gasteiger charge is -2.21. The molecule has 3 rings (SSSR count). The van der Waals surface area contributed by atoms with E-state index in [4.69, 9.17) is 11.6 Å². The number of fused-ring (bicyclic) bond motifs is 1. The summed E-state index contributed by atoms with van der Waals surface area (Å²) in [6.07, 6.45) is 2.24. The van der Waals surface area contributed by atoms with Crippen LogP contribution in [-0.4, -0.2) is 39.8 Å². The van der Waals surface area contributed by atoms with Gasteiger partial charge in [0.25, 0.3) is 5.09 Å². The first-order chi connectivity index (χ1) is 14.5. The standard InChI is InChI=1S/C21H23ClN4O4.2ClH/c1-2-25(10-3-11-30-26(28)29)14-15-12-17(5-7-21(15)27)24-19-8-9-23-20-13-16(22)4-6-18(19)20;;/h4-9,12-13,27H,2-3,10-11,14H2,1H3,(H,23,24);2*1H. The number of halogens is 3. The Hall–Kier alpha value is -2.52. The number of nitrogens with zero attached hydrogens (tertiary/aromatic N) is 3. The molecular formula is C21H25Cl3N4O4. The normalized spacial score (nSPS) is 10.3. The second-order valence-electron chi connectivity index (χ2n) is 6.77. The van der Waals surface area contributed by atoms with Crippen LogP contribution in [0.3, 0.4) is 0 Å². The van der Waals surface area contributed by atoms with Crippen molar-refractivity contribution in [1.82, 2.24) is 9.88 Å². The van der Waals surface area contributed by atoms with Crippen LogP contribution in [0.25, 0.3) is 10.9 Å². The predicted octanol–water partition coefficient (Wildman–Crippen LogP) is 5.60. The molecule has 0 aliphatic rings. The highest BCUT2D eigenvalue weighted by atomic mass is 35.5. The highest BCUT2D eigenvalue weighted by Crippen LogP contribution is 2.29. The van der Waals surface area contributed by atoms with Crippen molar-refractivity contribution in [1.29, 1.82) is 0 Å². The Morgan fingerprint density at radius 1 is 1.22 bits per heavy atom. The van der Waals surface area contributed by atoms with E-state index in [0.29, 0.717) is 24.5 Å². The summed E-state index contributed by atoms with van der Waals surface area (Å²) in [7, 11) is 0. The van der Waals surface area contributed by atoms with Gasteiger partial charge in [-0.15, -0.1) is 34.9 Å². The van der Waals surface area contributed by atoms with Crippen molar-refractivity contribution in [2.45, 2.75) is 19.9 Å². The summed E-state index contributed by atoms with van der Waals surface area (Å²) in [6, 6.07) is 12.8. The SMILES string of the molecule is CCN(CCCO[N+](=O)[O-])Cc1cc(Nc2ccnc3cc(Cl)ccc23)ccc1O.Cl.Cl. The molecule has 1 heterocycles. The van der Waals surface area contributed by atoms with Gasteiger partial charge in [-0.1, -0.05) is 18.5 Å². The molecule has 11 heteroatoms. The Morgan fingerprint density at radius 2 is 2.00 bits per heavy atom. The molecule has 174 valence electrons. The predicted molar refractivity (Wildman–Crippen MR) is 131 cm³/mol. The molecule has 0 aliphatic carbocycles. The largest absolute Gasteiger partial charge is 0.508 e. The van der Waals surface area contributed by atoms with Gasteiger partial charge in [-0.2, -0.15) is 0 Å². The molecule has 0 atom stereocenters. The number of benzene rings is 2. The maximum atomic E-state index is 10.3. The number of pyridine rings is 1. The van der Waals surface area contributed by atoms with Crippen LogP contribution in [-0.2, 0) is 11.4 Å². The highest BCUT2D eigenvalue weighted by molar-refractivity contribution is 6.31. The molecule has 0 saturated heterocycles. The van der Waals surface area contributed by atoms with Gasteiger partial charge in [-0.05, 0) is 55.4 Å². The van der Waals surface area contributed by atoms with Crippen molar-refractivity contribution in [3.05, 3.63) is 69.4 Å². The van der Waals surface area contributed by atoms with Crippen LogP contribution in [0.2, 0.25) is 5.02 Å². The molecule has 8 nitrogen and oxygen atoms in total. The van der Waals surface area contributed by atoms with Crippen LogP contribution in [0.15, 0.2) is 48.7 Å². The molecule has 0 bridgehead atoms. The van der Waals surface area contributed by atoms with Gasteiger partial charge in [0.2, 0.25) is 0 Å². The number of rotatable bonds is 10. The zero-order chi connectivity index (χ0) is 21.5. The van der Waals surface area contributed by atoms with E-state index in [1.54, 1.807) is 12.3 Å². The van der Waals surface area contributed by atoms with E-state index in [2.05, 4.69) is 20.0 Å². The van der Waals surface area contributed by atoms with Crippen LogP contribution < -0.4 is 5.32 Å². The van der Waals surface area contributed by atoms with Gasteiger partial charge in [-0.3, -0.25) is 9.88 Å². The molecule has 0 spiro atoms. The molecule has 3 aromatic rings. The quantitative estimate of drug-likeness (QED) is 0.161. The number of aromatic nitrogens is 1. The van der Waals surface area contributed by atoms with E-state index in [1.165, 1.54) is 0 Å². The third-order valence-electron chi connectivity index (χ3n) is 4.72. The Labute approximate surface area is 203 Å². The van der Waals surface area contributed by atoms with Gasteiger partial charge in [0.1, 0.15) is 5.75 Å². The van der Waals surface area contributed by atoms with E-state index < -0.39 is 5.09 Å². The van der Waals surface area contributed by atoms with Crippen LogP contribution in [0.5, 0.6) is 5.75 Å². The summed E-state index contributed by atoms with van der Waals surface area (Å²) in [5.41, 5.74) is 3.27. The zero-order valence-electron chi connectivity index (χ0n) is 17.4. The molecule has 0 aliphatic heterocycles. The second-order valence-corrected chi connectivity index (χ2v) is 7.20. The van der Waals surface area contributed by atoms with Gasteiger partial charge >= 0.3 is 0 Å². The van der Waals surface area contributed by atoms with E-state index in [-0.39, 0.29) is 37.2 Å². The van der Waals surface area contributed by atoms with Crippen molar-refractivity contribution < 1.29 is 15.0 Å². The fourth-order valence-electron chi connectivity index (χ4n) is 3.19. The first kappa shape index (κ1) is 27.5. The summed E-state index contributed by atoms with van der Waals surface area (Å²) < 4.78 is 0. The minimum Gasteiger partial charge on any atom is -0.508 e. The fraction of sp³-hybridized carbons (Fsp3) is 0.286. The number of phenolic OH excluding ortho intramolecular Hbond substituents is 1. The van der Waals surface area contributed by atoms with Crippen LogP contribution >= 0.6 is 36.4 Å². The molecule has 2 aromatic carbocycles. The molecule has 0 amide bonds. The first-order valence-corrected chi connectivity index (χ1v) is 9.97. The van der Waals surface area contributed by atoms with Crippen molar-refractivity contribution in [3.8, 4) is 5.75 Å². The monoisotopic (exact) mass is 502 g/mol. The smallest absolute Gasteiger partial charge is 0.294 e. The van der Waals surface area contributed by atoms with Crippen LogP contribution in [0.1, 0.15) is 18.9 Å². The third kappa shape index (κ3) is 7.56. The lowest BCUT2D eigenvalue weighted by molar-refractivity contribution is -0.757. The average Bonchev–Trinajstić information content (AvgIpc) is 2.72. The van der Waals surface area contributed by atoms with Gasteiger partial charge in [-0.25, -0.2) is 0 Å². The number of anilines is 2. The first-order valence-electron chi connectivity index (χ1n) is 9.59. The highest BCUT2D eigenvalue weighted by Gasteiger charge is 2.10. The van der Waals surface area contributed by atoms with Crippen molar-refractivity contribution in [2.75, 3.05) is 25.0 Å². The minimum absolute atomic E-state index is 0. The molecule has 0 saturated carbocycles. The van der Waals surface area contributed by atoms with Crippen molar-refractivity contribution >= 4 is 58.7 Å². The van der Waals surface area contributed by atoms with Crippen LogP contribution in [0.4, 0.5) is 11.4 Å². The molecule has 0 fully saturated rings. The summed E-state index contributed by atoms with van der Waals surface area (Å²) >= 11 is 6.06. The Bertz CT molecular complexity index is 1040. The molecular weight excluding hydrogens is 479 g/mol.